The number of hydrazone groups is 1. The zero-order valence-electron chi connectivity index (χ0n) is 11.2. The molecule has 0 amide bonds. The molecule has 0 unspecified atom stereocenters. The van der Waals surface area contributed by atoms with E-state index in [1.54, 1.807) is 17.6 Å². The molecule has 0 aromatic carbocycles. The summed E-state index contributed by atoms with van der Waals surface area (Å²) in [6, 6.07) is 3.89. The molecule has 0 bridgehead atoms. The first-order chi connectivity index (χ1) is 10.3. The van der Waals surface area contributed by atoms with Crippen LogP contribution in [0.4, 0.5) is 16.2 Å². The Bertz CT molecular complexity index is 613. The van der Waals surface area contributed by atoms with Gasteiger partial charge >= 0.3 is 0 Å². The molecule has 8 heteroatoms. The molecule has 0 atom stereocenters. The lowest BCUT2D eigenvalue weighted by Crippen LogP contribution is -2.37. The van der Waals surface area contributed by atoms with E-state index >= 15 is 0 Å². The van der Waals surface area contributed by atoms with Gasteiger partial charge in [0.1, 0.15) is 0 Å². The summed E-state index contributed by atoms with van der Waals surface area (Å²) in [5.74, 6) is 0.109. The standard InChI is InChI=1S/C13H14FN5OS/c14-11-9-15-13(18-16-8-10-2-1-7-21-10)17-12(11)19-3-5-20-6-4-19/h1-2,7-9H,3-6H2,(H,15,17,18). The van der Waals surface area contributed by atoms with Crippen molar-refractivity contribution in [2.24, 2.45) is 5.10 Å². The van der Waals surface area contributed by atoms with Crippen molar-refractivity contribution in [1.29, 1.82) is 0 Å². The van der Waals surface area contributed by atoms with Gasteiger partial charge in [0.05, 0.1) is 25.6 Å². The maximum atomic E-state index is 13.8. The number of halogens is 1. The molecule has 0 saturated carbocycles. The molecule has 3 rings (SSSR count). The maximum absolute atomic E-state index is 13.8. The fourth-order valence-corrected chi connectivity index (χ4v) is 2.51. The van der Waals surface area contributed by atoms with Crippen molar-refractivity contribution >= 4 is 29.3 Å². The molecule has 0 radical (unpaired) electrons. The molecule has 1 fully saturated rings. The predicted octanol–water partition coefficient (Wildman–Crippen LogP) is 1.96. The second kappa shape index (κ2) is 6.59. The highest BCUT2D eigenvalue weighted by Crippen LogP contribution is 2.18. The number of rotatable bonds is 4. The van der Waals surface area contributed by atoms with Gasteiger partial charge in [0.15, 0.2) is 11.6 Å². The van der Waals surface area contributed by atoms with Crippen LogP contribution in [0.1, 0.15) is 4.88 Å². The van der Waals surface area contributed by atoms with Gasteiger partial charge in [-0.2, -0.15) is 10.1 Å². The number of hydrogen-bond donors (Lipinski definition) is 1. The van der Waals surface area contributed by atoms with Crippen LogP contribution >= 0.6 is 11.3 Å². The fourth-order valence-electron chi connectivity index (χ4n) is 1.93. The largest absolute Gasteiger partial charge is 0.378 e. The van der Waals surface area contributed by atoms with Crippen molar-refractivity contribution < 1.29 is 9.13 Å². The van der Waals surface area contributed by atoms with Gasteiger partial charge in [0.25, 0.3) is 0 Å². The Labute approximate surface area is 125 Å². The van der Waals surface area contributed by atoms with Gasteiger partial charge < -0.3 is 9.64 Å². The number of nitrogens with zero attached hydrogens (tertiary/aromatic N) is 4. The number of hydrogen-bond acceptors (Lipinski definition) is 7. The van der Waals surface area contributed by atoms with E-state index in [1.165, 1.54) is 0 Å². The van der Waals surface area contributed by atoms with Gasteiger partial charge in [0.2, 0.25) is 5.95 Å². The van der Waals surface area contributed by atoms with Crippen LogP contribution in [-0.4, -0.2) is 42.5 Å². The van der Waals surface area contributed by atoms with Crippen LogP contribution in [-0.2, 0) is 4.74 Å². The topological polar surface area (TPSA) is 62.6 Å². The van der Waals surface area contributed by atoms with Crippen molar-refractivity contribution in [3.05, 3.63) is 34.4 Å². The lowest BCUT2D eigenvalue weighted by Gasteiger charge is -2.27. The van der Waals surface area contributed by atoms with E-state index in [0.717, 1.165) is 11.1 Å². The summed E-state index contributed by atoms with van der Waals surface area (Å²) in [5, 5.41) is 6.01. The molecule has 21 heavy (non-hydrogen) atoms. The first-order valence-electron chi connectivity index (χ1n) is 6.51. The molecule has 1 N–H and O–H groups in total. The van der Waals surface area contributed by atoms with Crippen LogP contribution < -0.4 is 10.3 Å². The van der Waals surface area contributed by atoms with Crippen molar-refractivity contribution in [3.8, 4) is 0 Å². The third-order valence-corrected chi connectivity index (χ3v) is 3.74. The SMILES string of the molecule is Fc1cnc(NN=Cc2cccs2)nc1N1CCOCC1. The lowest BCUT2D eigenvalue weighted by atomic mass is 10.4. The first-order valence-corrected chi connectivity index (χ1v) is 7.39. The van der Waals surface area contributed by atoms with Crippen molar-refractivity contribution in [1.82, 2.24) is 9.97 Å². The number of anilines is 2. The molecule has 1 saturated heterocycles. The van der Waals surface area contributed by atoms with Crippen LogP contribution in [0.5, 0.6) is 0 Å². The molecule has 2 aromatic rings. The number of ether oxygens (including phenoxy) is 1. The minimum atomic E-state index is -0.440. The summed E-state index contributed by atoms with van der Waals surface area (Å²) in [6.07, 6.45) is 2.83. The average Bonchev–Trinajstić information content (AvgIpc) is 3.03. The Morgan fingerprint density at radius 3 is 3.05 bits per heavy atom. The van der Waals surface area contributed by atoms with Crippen molar-refractivity contribution in [2.45, 2.75) is 0 Å². The molecule has 2 aromatic heterocycles. The van der Waals surface area contributed by atoms with Gasteiger partial charge in [-0.3, -0.25) is 0 Å². The van der Waals surface area contributed by atoms with E-state index < -0.39 is 5.82 Å². The first kappa shape index (κ1) is 13.9. The van der Waals surface area contributed by atoms with Gasteiger partial charge in [-0.1, -0.05) is 6.07 Å². The van der Waals surface area contributed by atoms with Gasteiger partial charge in [-0.15, -0.1) is 11.3 Å². The summed E-state index contributed by atoms with van der Waals surface area (Å²) in [5.41, 5.74) is 2.72. The third-order valence-electron chi connectivity index (χ3n) is 2.94. The van der Waals surface area contributed by atoms with E-state index in [0.29, 0.717) is 26.3 Å². The molecule has 6 nitrogen and oxygen atoms in total. The lowest BCUT2D eigenvalue weighted by molar-refractivity contribution is 0.122. The normalized spacial score (nSPS) is 15.6. The van der Waals surface area contributed by atoms with Crippen LogP contribution in [0.3, 0.4) is 0 Å². The van der Waals surface area contributed by atoms with Gasteiger partial charge in [0, 0.05) is 18.0 Å². The van der Waals surface area contributed by atoms with Crippen LogP contribution in [0, 0.1) is 5.82 Å². The minimum Gasteiger partial charge on any atom is -0.378 e. The monoisotopic (exact) mass is 307 g/mol. The molecule has 0 aliphatic carbocycles. The number of thiophene rings is 1. The molecule has 1 aliphatic rings. The zero-order chi connectivity index (χ0) is 14.5. The Kier molecular flexibility index (Phi) is 4.37. The Balaban J connectivity index is 1.71. The Morgan fingerprint density at radius 2 is 2.29 bits per heavy atom. The summed E-state index contributed by atoms with van der Waals surface area (Å²) >= 11 is 1.57. The van der Waals surface area contributed by atoms with Crippen LogP contribution in [0.15, 0.2) is 28.8 Å². The van der Waals surface area contributed by atoms with Crippen LogP contribution in [0.25, 0.3) is 0 Å². The Morgan fingerprint density at radius 1 is 1.43 bits per heavy atom. The molecular formula is C13H14FN5OS. The molecular weight excluding hydrogens is 293 g/mol. The van der Waals surface area contributed by atoms with E-state index in [-0.39, 0.29) is 11.8 Å². The molecule has 110 valence electrons. The van der Waals surface area contributed by atoms with Crippen molar-refractivity contribution in [3.63, 3.8) is 0 Å². The van der Waals surface area contributed by atoms with E-state index in [1.807, 2.05) is 22.4 Å². The fraction of sp³-hybridized carbons (Fsp3) is 0.308. The highest BCUT2D eigenvalue weighted by atomic mass is 32.1. The molecule has 3 heterocycles. The van der Waals surface area contributed by atoms with E-state index in [9.17, 15) is 4.39 Å². The summed E-state index contributed by atoms with van der Waals surface area (Å²) in [7, 11) is 0. The third kappa shape index (κ3) is 3.53. The number of morpholine rings is 1. The van der Waals surface area contributed by atoms with E-state index in [4.69, 9.17) is 4.74 Å². The molecule has 1 aliphatic heterocycles. The second-order valence-electron chi connectivity index (χ2n) is 4.35. The van der Waals surface area contributed by atoms with Crippen LogP contribution in [0.2, 0.25) is 0 Å². The highest BCUT2D eigenvalue weighted by molar-refractivity contribution is 7.11. The number of aromatic nitrogens is 2. The average molecular weight is 307 g/mol. The highest BCUT2D eigenvalue weighted by Gasteiger charge is 2.17. The summed E-state index contributed by atoms with van der Waals surface area (Å²) in [6.45, 7) is 2.38. The van der Waals surface area contributed by atoms with Crippen molar-refractivity contribution in [2.75, 3.05) is 36.6 Å². The maximum Gasteiger partial charge on any atom is 0.245 e. The molecule has 0 spiro atoms. The quantitative estimate of drug-likeness (QED) is 0.691. The minimum absolute atomic E-state index is 0.269. The summed E-state index contributed by atoms with van der Waals surface area (Å²) in [4.78, 5) is 10.9. The zero-order valence-corrected chi connectivity index (χ0v) is 12.0. The summed E-state index contributed by atoms with van der Waals surface area (Å²) < 4.78 is 19.1. The smallest absolute Gasteiger partial charge is 0.245 e. The van der Waals surface area contributed by atoms with Gasteiger partial charge in [-0.05, 0) is 11.4 Å². The second-order valence-corrected chi connectivity index (χ2v) is 5.33. The van der Waals surface area contributed by atoms with E-state index in [2.05, 4.69) is 20.5 Å². The predicted molar refractivity (Wildman–Crippen MR) is 80.6 cm³/mol. The van der Waals surface area contributed by atoms with Gasteiger partial charge in [-0.25, -0.2) is 14.8 Å². The number of nitrogens with one attached hydrogen (secondary N) is 1. The Hall–Kier alpha value is -2.06.